The molecule has 0 radical (unpaired) electrons. The molecule has 2 saturated heterocycles. The topological polar surface area (TPSA) is 18.5 Å². The zero-order chi connectivity index (χ0) is 12.8. The van der Waals surface area contributed by atoms with Crippen LogP contribution >= 0.6 is 0 Å². The summed E-state index contributed by atoms with van der Waals surface area (Å²) in [6.45, 7) is 13.6. The highest BCUT2D eigenvalue weighted by Gasteiger charge is 2.21. The van der Waals surface area contributed by atoms with Crippen molar-refractivity contribution in [3.8, 4) is 0 Å². The van der Waals surface area contributed by atoms with E-state index in [4.69, 9.17) is 0 Å². The molecular formula is C15H31N3. The fraction of sp³-hybridized carbons (Fsp3) is 1.00. The molecule has 0 aromatic carbocycles. The molecule has 0 aromatic heterocycles. The van der Waals surface area contributed by atoms with Gasteiger partial charge in [0.05, 0.1) is 0 Å². The van der Waals surface area contributed by atoms with E-state index in [2.05, 4.69) is 29.0 Å². The molecule has 0 aromatic rings. The zero-order valence-electron chi connectivity index (χ0n) is 12.3. The summed E-state index contributed by atoms with van der Waals surface area (Å²) >= 11 is 0. The summed E-state index contributed by atoms with van der Waals surface area (Å²) < 4.78 is 0. The predicted molar refractivity (Wildman–Crippen MR) is 78.0 cm³/mol. The number of nitrogens with zero attached hydrogens (tertiary/aromatic N) is 2. The van der Waals surface area contributed by atoms with Gasteiger partial charge in [0.15, 0.2) is 0 Å². The summed E-state index contributed by atoms with van der Waals surface area (Å²) in [6, 6.07) is 0.739. The van der Waals surface area contributed by atoms with Crippen molar-refractivity contribution in [1.29, 1.82) is 0 Å². The number of hydrogen-bond acceptors (Lipinski definition) is 3. The fourth-order valence-electron chi connectivity index (χ4n) is 3.58. The summed E-state index contributed by atoms with van der Waals surface area (Å²) in [6.07, 6.45) is 5.57. The first-order chi connectivity index (χ1) is 8.78. The molecule has 1 N–H and O–H groups in total. The van der Waals surface area contributed by atoms with E-state index in [9.17, 15) is 0 Å². The minimum Gasteiger partial charge on any atom is -0.313 e. The first kappa shape index (κ1) is 14.3. The van der Waals surface area contributed by atoms with Crippen LogP contribution in [0.25, 0.3) is 0 Å². The SMILES string of the molecule is CCNC1CCCN(CC(C)CN2CCCC2)C1. The Kier molecular flexibility index (Phi) is 5.93. The van der Waals surface area contributed by atoms with E-state index >= 15 is 0 Å². The molecule has 2 rings (SSSR count). The van der Waals surface area contributed by atoms with Gasteiger partial charge in [-0.3, -0.25) is 0 Å². The first-order valence-corrected chi connectivity index (χ1v) is 7.96. The molecule has 18 heavy (non-hydrogen) atoms. The van der Waals surface area contributed by atoms with Crippen molar-refractivity contribution < 1.29 is 0 Å². The van der Waals surface area contributed by atoms with Crippen LogP contribution in [0.3, 0.4) is 0 Å². The van der Waals surface area contributed by atoms with Gasteiger partial charge in [-0.25, -0.2) is 0 Å². The van der Waals surface area contributed by atoms with Gasteiger partial charge in [-0.1, -0.05) is 13.8 Å². The van der Waals surface area contributed by atoms with E-state index in [1.54, 1.807) is 0 Å². The third kappa shape index (κ3) is 4.52. The van der Waals surface area contributed by atoms with E-state index in [0.29, 0.717) is 0 Å². The van der Waals surface area contributed by atoms with Crippen LogP contribution in [0.15, 0.2) is 0 Å². The highest BCUT2D eigenvalue weighted by Crippen LogP contribution is 2.14. The average Bonchev–Trinajstić information content (AvgIpc) is 2.82. The molecule has 2 aliphatic heterocycles. The van der Waals surface area contributed by atoms with Crippen LogP contribution in [0, 0.1) is 5.92 Å². The van der Waals surface area contributed by atoms with Gasteiger partial charge in [0.1, 0.15) is 0 Å². The monoisotopic (exact) mass is 253 g/mol. The standard InChI is InChI=1S/C15H31N3/c1-3-16-15-7-6-10-18(13-15)12-14(2)11-17-8-4-5-9-17/h14-16H,3-13H2,1-2H3. The molecule has 0 spiro atoms. The zero-order valence-corrected chi connectivity index (χ0v) is 12.3. The van der Waals surface area contributed by atoms with Crippen molar-refractivity contribution in [2.24, 2.45) is 5.92 Å². The molecule has 3 heteroatoms. The number of hydrogen-bond donors (Lipinski definition) is 1. The lowest BCUT2D eigenvalue weighted by molar-refractivity contribution is 0.154. The Morgan fingerprint density at radius 3 is 2.44 bits per heavy atom. The van der Waals surface area contributed by atoms with E-state index in [1.165, 1.54) is 65.0 Å². The van der Waals surface area contributed by atoms with Gasteiger partial charge in [-0.15, -0.1) is 0 Å². The normalized spacial score (nSPS) is 28.7. The number of rotatable bonds is 6. The maximum atomic E-state index is 3.61. The third-order valence-electron chi connectivity index (χ3n) is 4.34. The Bertz CT molecular complexity index is 224. The van der Waals surface area contributed by atoms with E-state index < -0.39 is 0 Å². The van der Waals surface area contributed by atoms with Gasteiger partial charge in [0.25, 0.3) is 0 Å². The molecule has 2 fully saturated rings. The van der Waals surface area contributed by atoms with Crippen LogP contribution in [0.5, 0.6) is 0 Å². The lowest BCUT2D eigenvalue weighted by Gasteiger charge is -2.35. The Morgan fingerprint density at radius 2 is 1.72 bits per heavy atom. The molecule has 3 nitrogen and oxygen atoms in total. The maximum absolute atomic E-state index is 3.61. The van der Waals surface area contributed by atoms with E-state index in [0.717, 1.165) is 18.5 Å². The van der Waals surface area contributed by atoms with E-state index in [1.807, 2.05) is 0 Å². The van der Waals surface area contributed by atoms with Crippen molar-refractivity contribution in [3.63, 3.8) is 0 Å². The molecule has 2 heterocycles. The van der Waals surface area contributed by atoms with Gasteiger partial charge in [-0.05, 0) is 57.8 Å². The lowest BCUT2D eigenvalue weighted by Crippen LogP contribution is -2.47. The van der Waals surface area contributed by atoms with Crippen molar-refractivity contribution in [1.82, 2.24) is 15.1 Å². The van der Waals surface area contributed by atoms with Crippen LogP contribution in [-0.2, 0) is 0 Å². The second-order valence-electron chi connectivity index (χ2n) is 6.27. The maximum Gasteiger partial charge on any atom is 0.0195 e. The van der Waals surface area contributed by atoms with Gasteiger partial charge in [-0.2, -0.15) is 0 Å². The summed E-state index contributed by atoms with van der Waals surface area (Å²) in [5.74, 6) is 0.823. The third-order valence-corrected chi connectivity index (χ3v) is 4.34. The quantitative estimate of drug-likeness (QED) is 0.778. The van der Waals surface area contributed by atoms with Gasteiger partial charge in [0, 0.05) is 25.7 Å². The minimum atomic E-state index is 0.739. The predicted octanol–water partition coefficient (Wildman–Crippen LogP) is 1.79. The fourth-order valence-corrected chi connectivity index (χ4v) is 3.58. The van der Waals surface area contributed by atoms with Crippen LogP contribution in [0.1, 0.15) is 39.5 Å². The Balaban J connectivity index is 1.67. The number of nitrogens with one attached hydrogen (secondary N) is 1. The molecule has 0 bridgehead atoms. The highest BCUT2D eigenvalue weighted by atomic mass is 15.2. The molecule has 2 atom stereocenters. The van der Waals surface area contributed by atoms with Crippen LogP contribution in [-0.4, -0.2) is 61.7 Å². The number of likely N-dealkylation sites (tertiary alicyclic amines) is 2. The number of piperidine rings is 1. The summed E-state index contributed by atoms with van der Waals surface area (Å²) in [7, 11) is 0. The smallest absolute Gasteiger partial charge is 0.0195 e. The van der Waals surface area contributed by atoms with Crippen molar-refractivity contribution in [3.05, 3.63) is 0 Å². The minimum absolute atomic E-state index is 0.739. The van der Waals surface area contributed by atoms with Crippen LogP contribution in [0.4, 0.5) is 0 Å². The van der Waals surface area contributed by atoms with Gasteiger partial charge < -0.3 is 15.1 Å². The summed E-state index contributed by atoms with van der Waals surface area (Å²) in [5.41, 5.74) is 0. The molecule has 106 valence electrons. The molecule has 2 aliphatic rings. The largest absolute Gasteiger partial charge is 0.313 e. The van der Waals surface area contributed by atoms with Crippen molar-refractivity contribution >= 4 is 0 Å². The Labute approximate surface area is 113 Å². The van der Waals surface area contributed by atoms with Crippen molar-refractivity contribution in [2.45, 2.75) is 45.6 Å². The molecule has 0 saturated carbocycles. The van der Waals surface area contributed by atoms with Gasteiger partial charge >= 0.3 is 0 Å². The molecule has 2 unspecified atom stereocenters. The van der Waals surface area contributed by atoms with E-state index in [-0.39, 0.29) is 0 Å². The van der Waals surface area contributed by atoms with Crippen LogP contribution < -0.4 is 5.32 Å². The number of likely N-dealkylation sites (N-methyl/N-ethyl adjacent to an activating group) is 1. The first-order valence-electron chi connectivity index (χ1n) is 7.96. The van der Waals surface area contributed by atoms with Crippen molar-refractivity contribution in [2.75, 3.05) is 45.8 Å². The lowest BCUT2D eigenvalue weighted by atomic mass is 10.0. The second-order valence-corrected chi connectivity index (χ2v) is 6.27. The Morgan fingerprint density at radius 1 is 1.06 bits per heavy atom. The van der Waals surface area contributed by atoms with Gasteiger partial charge in [0.2, 0.25) is 0 Å². The highest BCUT2D eigenvalue weighted by molar-refractivity contribution is 4.79. The molecule has 0 aliphatic carbocycles. The summed E-state index contributed by atoms with van der Waals surface area (Å²) in [5, 5.41) is 3.61. The average molecular weight is 253 g/mol. The molecule has 0 amide bonds. The second kappa shape index (κ2) is 7.46. The molecular weight excluding hydrogens is 222 g/mol. The summed E-state index contributed by atoms with van der Waals surface area (Å²) in [4.78, 5) is 5.33. The van der Waals surface area contributed by atoms with Crippen LogP contribution in [0.2, 0.25) is 0 Å². The Hall–Kier alpha value is -0.120.